The number of aliphatic hydroxyl groups is 1. The molecular weight excluding hydrogens is 316 g/mol. The maximum absolute atomic E-state index is 12.7. The van der Waals surface area contributed by atoms with Gasteiger partial charge in [0.15, 0.2) is 0 Å². The first kappa shape index (κ1) is 16.3. The Morgan fingerprint density at radius 1 is 1.32 bits per heavy atom. The van der Waals surface area contributed by atoms with Gasteiger partial charge in [0, 0.05) is 5.92 Å². The van der Waals surface area contributed by atoms with Gasteiger partial charge < -0.3 is 14.6 Å². The molecule has 0 aromatic carbocycles. The Bertz CT molecular complexity index is 671. The highest BCUT2D eigenvalue weighted by Gasteiger charge is 2.69. The van der Waals surface area contributed by atoms with Gasteiger partial charge in [-0.15, -0.1) is 0 Å². The first-order chi connectivity index (χ1) is 11.8. The van der Waals surface area contributed by atoms with E-state index in [1.54, 1.807) is 0 Å². The van der Waals surface area contributed by atoms with Crippen LogP contribution in [0.1, 0.15) is 58.8 Å². The van der Waals surface area contributed by atoms with Crippen molar-refractivity contribution < 1.29 is 19.4 Å². The van der Waals surface area contributed by atoms with Gasteiger partial charge in [0.1, 0.15) is 0 Å². The van der Waals surface area contributed by atoms with Crippen molar-refractivity contribution in [1.82, 2.24) is 0 Å². The molecule has 0 radical (unpaired) electrons. The van der Waals surface area contributed by atoms with Crippen LogP contribution in [-0.4, -0.2) is 36.5 Å². The Kier molecular flexibility index (Phi) is 3.06. The van der Waals surface area contributed by atoms with E-state index < -0.39 is 11.0 Å². The summed E-state index contributed by atoms with van der Waals surface area (Å²) in [6.07, 6.45) is 9.63. The summed E-state index contributed by atoms with van der Waals surface area (Å²) in [4.78, 5) is 12.7. The van der Waals surface area contributed by atoms with E-state index in [2.05, 4.69) is 19.9 Å². The lowest BCUT2D eigenvalue weighted by molar-refractivity contribution is -0.165. The van der Waals surface area contributed by atoms with Crippen molar-refractivity contribution >= 4 is 5.97 Å². The minimum Gasteiger partial charge on any atom is -0.469 e. The van der Waals surface area contributed by atoms with E-state index in [0.717, 1.165) is 44.9 Å². The summed E-state index contributed by atoms with van der Waals surface area (Å²) >= 11 is 0. The fourth-order valence-electron chi connectivity index (χ4n) is 7.90. The van der Waals surface area contributed by atoms with E-state index in [9.17, 15) is 9.90 Å². The third-order valence-corrected chi connectivity index (χ3v) is 8.88. The quantitative estimate of drug-likeness (QED) is 0.585. The number of ether oxygens (including phenoxy) is 2. The van der Waals surface area contributed by atoms with Crippen LogP contribution in [0.3, 0.4) is 0 Å². The highest BCUT2D eigenvalue weighted by Crippen LogP contribution is 2.72. The average Bonchev–Trinajstić information content (AvgIpc) is 2.99. The molecule has 7 atom stereocenters. The molecule has 4 nitrogen and oxygen atoms in total. The summed E-state index contributed by atoms with van der Waals surface area (Å²) in [6.45, 7) is 4.99. The zero-order valence-corrected chi connectivity index (χ0v) is 15.6. The monoisotopic (exact) mass is 346 g/mol. The number of hydrogen-bond donors (Lipinski definition) is 1. The molecule has 4 fully saturated rings. The van der Waals surface area contributed by atoms with Gasteiger partial charge in [0.05, 0.1) is 30.8 Å². The molecule has 0 aromatic rings. The molecule has 0 unspecified atom stereocenters. The number of carbonyl (C=O) groups is 1. The molecule has 1 spiro atoms. The molecule has 138 valence electrons. The summed E-state index contributed by atoms with van der Waals surface area (Å²) in [5, 5.41) is 11.1. The molecular formula is C21H30O4. The van der Waals surface area contributed by atoms with Gasteiger partial charge in [0.25, 0.3) is 0 Å². The maximum atomic E-state index is 12.7. The van der Waals surface area contributed by atoms with Gasteiger partial charge in [-0.3, -0.25) is 4.79 Å². The summed E-state index contributed by atoms with van der Waals surface area (Å²) in [5.74, 6) is 0.548. The SMILES string of the molecule is COC(=O)[C@]1(C)CCC[C@@]2(C)C3=C[C@H]4OC[C@@]5(O)C[C@]3(CC[C@H]12)C[C@H]45. The first-order valence-corrected chi connectivity index (χ1v) is 9.93. The van der Waals surface area contributed by atoms with E-state index in [-0.39, 0.29) is 28.8 Å². The van der Waals surface area contributed by atoms with E-state index in [0.29, 0.717) is 12.5 Å². The Morgan fingerprint density at radius 2 is 2.12 bits per heavy atom. The molecule has 1 aliphatic heterocycles. The fourth-order valence-corrected chi connectivity index (χ4v) is 7.90. The van der Waals surface area contributed by atoms with Crippen LogP contribution >= 0.6 is 0 Å². The molecule has 4 aliphatic carbocycles. The molecule has 5 rings (SSSR count). The molecule has 3 saturated carbocycles. The third-order valence-electron chi connectivity index (χ3n) is 8.88. The Hall–Kier alpha value is -0.870. The minimum absolute atomic E-state index is 0.0224. The van der Waals surface area contributed by atoms with Gasteiger partial charge in [-0.2, -0.15) is 0 Å². The number of rotatable bonds is 1. The third kappa shape index (κ3) is 1.78. The lowest BCUT2D eigenvalue weighted by Gasteiger charge is -2.60. The van der Waals surface area contributed by atoms with Crippen molar-refractivity contribution in [2.75, 3.05) is 13.7 Å². The smallest absolute Gasteiger partial charge is 0.311 e. The summed E-state index contributed by atoms with van der Waals surface area (Å²) < 4.78 is 11.2. The average molecular weight is 346 g/mol. The molecule has 0 amide bonds. The van der Waals surface area contributed by atoms with Crippen molar-refractivity contribution in [3.05, 3.63) is 11.6 Å². The molecule has 0 aromatic heterocycles. The highest BCUT2D eigenvalue weighted by atomic mass is 16.5. The van der Waals surface area contributed by atoms with Crippen LogP contribution in [0.5, 0.6) is 0 Å². The standard InChI is InChI=1S/C21H30O4/c1-18-6-4-7-19(2,17(22)24-3)15(18)5-8-20-10-13-14(9-16(18)20)25-12-21(13,23)11-20/h9,13-15,23H,4-8,10-12H2,1-3H3/t13-,14-,15+,18-,19-,20+,21+/m1/s1. The predicted molar refractivity (Wildman–Crippen MR) is 92.7 cm³/mol. The fraction of sp³-hybridized carbons (Fsp3) is 0.857. The number of esters is 1. The maximum Gasteiger partial charge on any atom is 0.311 e. The van der Waals surface area contributed by atoms with E-state index in [4.69, 9.17) is 9.47 Å². The normalized spacial score (nSPS) is 56.0. The molecule has 5 aliphatic rings. The zero-order valence-electron chi connectivity index (χ0n) is 15.6. The molecule has 2 bridgehead atoms. The van der Waals surface area contributed by atoms with Crippen LogP contribution < -0.4 is 0 Å². The molecule has 25 heavy (non-hydrogen) atoms. The van der Waals surface area contributed by atoms with Crippen molar-refractivity contribution in [3.63, 3.8) is 0 Å². The van der Waals surface area contributed by atoms with Crippen molar-refractivity contribution in [2.45, 2.75) is 70.5 Å². The summed E-state index contributed by atoms with van der Waals surface area (Å²) in [5.41, 5.74) is 0.638. The van der Waals surface area contributed by atoms with Gasteiger partial charge in [-0.1, -0.05) is 25.0 Å². The van der Waals surface area contributed by atoms with Gasteiger partial charge in [-0.25, -0.2) is 0 Å². The number of allylic oxidation sites excluding steroid dienone is 1. The number of fused-ring (bicyclic) bond motifs is 2. The number of hydrogen-bond acceptors (Lipinski definition) is 4. The number of carbonyl (C=O) groups excluding carboxylic acids is 1. The lowest BCUT2D eigenvalue weighted by Crippen LogP contribution is -2.55. The topological polar surface area (TPSA) is 55.8 Å². The molecule has 1 N–H and O–H groups in total. The van der Waals surface area contributed by atoms with E-state index >= 15 is 0 Å². The van der Waals surface area contributed by atoms with E-state index in [1.165, 1.54) is 12.7 Å². The Labute approximate surface area is 150 Å². The van der Waals surface area contributed by atoms with Gasteiger partial charge in [0.2, 0.25) is 0 Å². The molecule has 1 heterocycles. The van der Waals surface area contributed by atoms with Crippen LogP contribution in [0.4, 0.5) is 0 Å². The second kappa shape index (κ2) is 4.69. The second-order valence-electron chi connectivity index (χ2n) is 10.00. The highest BCUT2D eigenvalue weighted by molar-refractivity contribution is 5.77. The summed E-state index contributed by atoms with van der Waals surface area (Å²) in [7, 11) is 1.52. The van der Waals surface area contributed by atoms with Crippen molar-refractivity contribution in [2.24, 2.45) is 28.1 Å². The van der Waals surface area contributed by atoms with Crippen LogP contribution in [-0.2, 0) is 14.3 Å². The predicted octanol–water partition coefficient (Wildman–Crippen LogP) is 3.23. The number of methoxy groups -OCH3 is 1. The molecule has 4 heteroatoms. The Morgan fingerprint density at radius 3 is 2.88 bits per heavy atom. The molecule has 1 saturated heterocycles. The first-order valence-electron chi connectivity index (χ1n) is 9.93. The zero-order chi connectivity index (χ0) is 17.7. The van der Waals surface area contributed by atoms with Gasteiger partial charge >= 0.3 is 5.97 Å². The van der Waals surface area contributed by atoms with E-state index in [1.807, 2.05) is 0 Å². The van der Waals surface area contributed by atoms with Crippen LogP contribution in [0.25, 0.3) is 0 Å². The largest absolute Gasteiger partial charge is 0.469 e. The second-order valence-corrected chi connectivity index (χ2v) is 10.00. The lowest BCUT2D eigenvalue weighted by atomic mass is 9.44. The van der Waals surface area contributed by atoms with Crippen LogP contribution in [0.15, 0.2) is 11.6 Å². The van der Waals surface area contributed by atoms with Crippen LogP contribution in [0, 0.1) is 28.1 Å². The van der Waals surface area contributed by atoms with Crippen molar-refractivity contribution in [1.29, 1.82) is 0 Å². The van der Waals surface area contributed by atoms with Gasteiger partial charge in [-0.05, 0) is 62.2 Å². The van der Waals surface area contributed by atoms with Crippen molar-refractivity contribution in [3.8, 4) is 0 Å². The minimum atomic E-state index is -0.633. The van der Waals surface area contributed by atoms with Crippen LogP contribution in [0.2, 0.25) is 0 Å². The summed E-state index contributed by atoms with van der Waals surface area (Å²) in [6, 6.07) is 0. The Balaban J connectivity index is 1.61.